The van der Waals surface area contributed by atoms with Gasteiger partial charge in [0.15, 0.2) is 0 Å². The molecular formula is C7H5Cl3O4S2. The standard InChI is InChI=1S/C7H5Cl3O4S2/c1-4-2-5(8)7(16(10,13)14)3-6(4)15(9,11)12/h2-3H,1H3. The molecule has 0 heterocycles. The first-order valence-corrected chi connectivity index (χ1v) is 8.72. The van der Waals surface area contributed by atoms with Gasteiger partial charge in [0, 0.05) is 21.4 Å². The van der Waals surface area contributed by atoms with Gasteiger partial charge in [0.2, 0.25) is 0 Å². The van der Waals surface area contributed by atoms with E-state index in [1.807, 2.05) is 0 Å². The molecular weight excluding hydrogens is 319 g/mol. The Labute approximate surface area is 107 Å². The molecule has 16 heavy (non-hydrogen) atoms. The fourth-order valence-corrected chi connectivity index (χ4v) is 3.93. The van der Waals surface area contributed by atoms with Crippen LogP contribution in [0.25, 0.3) is 0 Å². The molecule has 4 nitrogen and oxygen atoms in total. The quantitative estimate of drug-likeness (QED) is 0.784. The summed E-state index contributed by atoms with van der Waals surface area (Å²) in [6.45, 7) is 1.44. The fourth-order valence-electron chi connectivity index (χ4n) is 1.08. The van der Waals surface area contributed by atoms with Crippen LogP contribution < -0.4 is 0 Å². The second-order valence-corrected chi connectivity index (χ2v) is 8.40. The zero-order chi connectivity index (χ0) is 12.7. The third-order valence-corrected chi connectivity index (χ3v) is 5.01. The number of benzene rings is 1. The van der Waals surface area contributed by atoms with Crippen molar-refractivity contribution >= 4 is 51.1 Å². The molecule has 0 aliphatic carbocycles. The Kier molecular flexibility index (Phi) is 3.81. The Bertz CT molecular complexity index is 581. The Morgan fingerprint density at radius 1 is 0.938 bits per heavy atom. The summed E-state index contributed by atoms with van der Waals surface area (Å²) in [5.41, 5.74) is 0.240. The van der Waals surface area contributed by atoms with Crippen LogP contribution in [-0.2, 0) is 18.1 Å². The van der Waals surface area contributed by atoms with Gasteiger partial charge in [-0.15, -0.1) is 0 Å². The molecule has 0 bridgehead atoms. The maximum atomic E-state index is 11.1. The topological polar surface area (TPSA) is 68.3 Å². The molecule has 0 amide bonds. The van der Waals surface area contributed by atoms with E-state index in [-0.39, 0.29) is 15.5 Å². The minimum atomic E-state index is -4.12. The first-order chi connectivity index (χ1) is 7.03. The lowest BCUT2D eigenvalue weighted by molar-refractivity contribution is 0.607. The van der Waals surface area contributed by atoms with Crippen molar-refractivity contribution in [1.82, 2.24) is 0 Å². The highest BCUT2D eigenvalue weighted by atomic mass is 35.7. The number of hydrogen-bond donors (Lipinski definition) is 0. The van der Waals surface area contributed by atoms with Gasteiger partial charge in [-0.05, 0) is 24.6 Å². The summed E-state index contributed by atoms with van der Waals surface area (Å²) in [4.78, 5) is -0.821. The van der Waals surface area contributed by atoms with Crippen molar-refractivity contribution in [2.45, 2.75) is 16.7 Å². The summed E-state index contributed by atoms with van der Waals surface area (Å²) in [5, 5.41) is -0.156. The fraction of sp³-hybridized carbons (Fsp3) is 0.143. The molecule has 0 spiro atoms. The van der Waals surface area contributed by atoms with Gasteiger partial charge in [0.05, 0.1) is 9.92 Å². The van der Waals surface area contributed by atoms with Crippen molar-refractivity contribution in [3.05, 3.63) is 22.7 Å². The minimum Gasteiger partial charge on any atom is -0.207 e. The van der Waals surface area contributed by atoms with Crippen molar-refractivity contribution in [1.29, 1.82) is 0 Å². The summed E-state index contributed by atoms with van der Waals surface area (Å²) >= 11 is 5.63. The smallest absolute Gasteiger partial charge is 0.207 e. The van der Waals surface area contributed by atoms with E-state index in [9.17, 15) is 16.8 Å². The van der Waals surface area contributed by atoms with Gasteiger partial charge in [0.25, 0.3) is 18.1 Å². The number of hydrogen-bond acceptors (Lipinski definition) is 4. The van der Waals surface area contributed by atoms with Crippen molar-refractivity contribution < 1.29 is 16.8 Å². The Balaban J connectivity index is 3.72. The Morgan fingerprint density at radius 3 is 1.75 bits per heavy atom. The van der Waals surface area contributed by atoms with Gasteiger partial charge in [0.1, 0.15) is 4.90 Å². The molecule has 0 saturated carbocycles. The highest BCUT2D eigenvalue weighted by Crippen LogP contribution is 2.31. The van der Waals surface area contributed by atoms with Crippen molar-refractivity contribution in [2.75, 3.05) is 0 Å². The van der Waals surface area contributed by atoms with E-state index < -0.39 is 23.0 Å². The Morgan fingerprint density at radius 2 is 1.38 bits per heavy atom. The monoisotopic (exact) mass is 322 g/mol. The molecule has 0 atom stereocenters. The predicted molar refractivity (Wildman–Crippen MR) is 62.3 cm³/mol. The van der Waals surface area contributed by atoms with E-state index in [2.05, 4.69) is 0 Å². The van der Waals surface area contributed by atoms with Crippen LogP contribution >= 0.6 is 33.0 Å². The summed E-state index contributed by atoms with van der Waals surface area (Å²) in [6.07, 6.45) is 0. The van der Waals surface area contributed by atoms with Gasteiger partial charge < -0.3 is 0 Å². The van der Waals surface area contributed by atoms with E-state index >= 15 is 0 Å². The van der Waals surface area contributed by atoms with Crippen LogP contribution in [0, 0.1) is 6.92 Å². The highest BCUT2D eigenvalue weighted by Gasteiger charge is 2.22. The molecule has 0 aromatic heterocycles. The molecule has 90 valence electrons. The highest BCUT2D eigenvalue weighted by molar-refractivity contribution is 8.14. The summed E-state index contributed by atoms with van der Waals surface area (Å²) in [6, 6.07) is 2.01. The van der Waals surface area contributed by atoms with Crippen LogP contribution in [0.5, 0.6) is 0 Å². The Hall–Kier alpha value is -0.0100. The first-order valence-electron chi connectivity index (χ1n) is 3.73. The molecule has 1 aromatic rings. The van der Waals surface area contributed by atoms with Crippen LogP contribution in [0.3, 0.4) is 0 Å². The molecule has 0 unspecified atom stereocenters. The van der Waals surface area contributed by atoms with E-state index in [0.29, 0.717) is 0 Å². The first kappa shape index (κ1) is 14.1. The zero-order valence-corrected chi connectivity index (χ0v) is 11.6. The van der Waals surface area contributed by atoms with E-state index in [1.54, 1.807) is 0 Å². The van der Waals surface area contributed by atoms with Gasteiger partial charge in [-0.2, -0.15) is 0 Å². The molecule has 1 aromatic carbocycles. The molecule has 9 heteroatoms. The maximum absolute atomic E-state index is 11.1. The second-order valence-electron chi connectivity index (χ2n) is 2.92. The van der Waals surface area contributed by atoms with Gasteiger partial charge in [-0.1, -0.05) is 11.6 Å². The van der Waals surface area contributed by atoms with E-state index in [4.69, 9.17) is 33.0 Å². The molecule has 1 rings (SSSR count). The van der Waals surface area contributed by atoms with Crippen LogP contribution in [-0.4, -0.2) is 16.8 Å². The van der Waals surface area contributed by atoms with Gasteiger partial charge >= 0.3 is 0 Å². The maximum Gasteiger partial charge on any atom is 0.262 e. The van der Waals surface area contributed by atoms with Gasteiger partial charge in [-0.3, -0.25) is 0 Å². The average Bonchev–Trinajstić information content (AvgIpc) is 1.97. The van der Waals surface area contributed by atoms with Crippen LogP contribution in [0.2, 0.25) is 5.02 Å². The second kappa shape index (κ2) is 4.34. The lowest BCUT2D eigenvalue weighted by Gasteiger charge is -2.06. The third kappa shape index (κ3) is 3.01. The summed E-state index contributed by atoms with van der Waals surface area (Å²) in [7, 11) is 2.06. The average molecular weight is 324 g/mol. The normalized spacial score (nSPS) is 12.8. The summed E-state index contributed by atoms with van der Waals surface area (Å²) < 4.78 is 44.4. The molecule has 0 saturated heterocycles. The molecule has 0 fully saturated rings. The number of rotatable bonds is 2. The number of halogens is 3. The zero-order valence-electron chi connectivity index (χ0n) is 7.74. The lowest BCUT2D eigenvalue weighted by atomic mass is 10.2. The van der Waals surface area contributed by atoms with Crippen molar-refractivity contribution in [3.63, 3.8) is 0 Å². The number of aryl methyl sites for hydroxylation is 1. The van der Waals surface area contributed by atoms with Crippen LogP contribution in [0.15, 0.2) is 21.9 Å². The molecule has 0 aliphatic rings. The largest absolute Gasteiger partial charge is 0.262 e. The van der Waals surface area contributed by atoms with E-state index in [1.165, 1.54) is 13.0 Å². The third-order valence-electron chi connectivity index (χ3n) is 1.75. The summed E-state index contributed by atoms with van der Waals surface area (Å²) in [5.74, 6) is 0. The van der Waals surface area contributed by atoms with Crippen molar-refractivity contribution in [2.24, 2.45) is 0 Å². The molecule has 0 radical (unpaired) electrons. The molecule has 0 aliphatic heterocycles. The predicted octanol–water partition coefficient (Wildman–Crippen LogP) is 2.50. The lowest BCUT2D eigenvalue weighted by Crippen LogP contribution is -2.00. The van der Waals surface area contributed by atoms with Crippen LogP contribution in [0.1, 0.15) is 5.56 Å². The van der Waals surface area contributed by atoms with Crippen LogP contribution in [0.4, 0.5) is 0 Å². The molecule has 0 N–H and O–H groups in total. The van der Waals surface area contributed by atoms with Gasteiger partial charge in [-0.25, -0.2) is 16.8 Å². The van der Waals surface area contributed by atoms with Crippen molar-refractivity contribution in [3.8, 4) is 0 Å². The van der Waals surface area contributed by atoms with E-state index in [0.717, 1.165) is 6.07 Å². The minimum absolute atomic E-state index is 0.156. The SMILES string of the molecule is Cc1cc(Cl)c(S(=O)(=O)Cl)cc1S(=O)(=O)Cl.